The second-order valence-electron chi connectivity index (χ2n) is 8.01. The van der Waals surface area contributed by atoms with Crippen LogP contribution in [-0.4, -0.2) is 47.1 Å². The smallest absolute Gasteiger partial charge is 0.390 e. The Bertz CT molecular complexity index is 973. The highest BCUT2D eigenvalue weighted by Crippen LogP contribution is 2.36. The van der Waals surface area contributed by atoms with E-state index in [0.29, 0.717) is 5.02 Å². The van der Waals surface area contributed by atoms with Gasteiger partial charge in [-0.15, -0.1) is 0 Å². The largest absolute Gasteiger partial charge is 0.416 e. The molecule has 0 radical (unpaired) electrons. The minimum atomic E-state index is -4.51. The molecule has 2 aromatic carbocycles. The Kier molecular flexibility index (Phi) is 8.02. The third kappa shape index (κ3) is 6.24. The van der Waals surface area contributed by atoms with Crippen molar-refractivity contribution in [2.24, 2.45) is 0 Å². The first-order valence-corrected chi connectivity index (χ1v) is 10.7. The van der Waals surface area contributed by atoms with Gasteiger partial charge in [0.1, 0.15) is 6.10 Å². The fraction of sp³-hybridized carbons (Fsp3) is 0.435. The summed E-state index contributed by atoms with van der Waals surface area (Å²) in [6.07, 6.45) is -8.46. The van der Waals surface area contributed by atoms with E-state index >= 15 is 0 Å². The zero-order valence-corrected chi connectivity index (χ0v) is 18.6. The van der Waals surface area contributed by atoms with E-state index in [2.05, 4.69) is 5.32 Å². The van der Waals surface area contributed by atoms with Gasteiger partial charge in [0, 0.05) is 24.9 Å². The van der Waals surface area contributed by atoms with Gasteiger partial charge in [-0.05, 0) is 35.4 Å². The van der Waals surface area contributed by atoms with Gasteiger partial charge in [0.15, 0.2) is 5.60 Å². The van der Waals surface area contributed by atoms with E-state index in [0.717, 1.165) is 17.7 Å². The van der Waals surface area contributed by atoms with Crippen LogP contribution < -0.4 is 5.32 Å². The van der Waals surface area contributed by atoms with Crippen molar-refractivity contribution in [1.29, 1.82) is 0 Å². The molecular weight excluding hydrogens is 463 g/mol. The molecule has 10 heteroatoms. The molecule has 33 heavy (non-hydrogen) atoms. The Labute approximate surface area is 194 Å². The highest BCUT2D eigenvalue weighted by molar-refractivity contribution is 6.30. The first-order chi connectivity index (χ1) is 15.5. The number of aliphatic hydroxyl groups excluding tert-OH is 2. The molecule has 1 unspecified atom stereocenters. The topological polar surface area (TPSA) is 88.0 Å². The molecule has 0 saturated heterocycles. The van der Waals surface area contributed by atoms with E-state index in [1.807, 2.05) is 0 Å². The van der Waals surface area contributed by atoms with E-state index in [9.17, 15) is 28.2 Å². The van der Waals surface area contributed by atoms with Crippen LogP contribution in [0.5, 0.6) is 0 Å². The van der Waals surface area contributed by atoms with Gasteiger partial charge < -0.3 is 25.0 Å². The molecule has 1 fully saturated rings. The molecule has 6 nitrogen and oxygen atoms in total. The van der Waals surface area contributed by atoms with Crippen molar-refractivity contribution in [3.05, 3.63) is 70.2 Å². The Morgan fingerprint density at radius 3 is 2.42 bits per heavy atom. The normalized spacial score (nSPS) is 25.6. The van der Waals surface area contributed by atoms with Crippen LogP contribution in [0.15, 0.2) is 48.5 Å². The number of amides is 1. The minimum Gasteiger partial charge on any atom is -0.390 e. The first kappa shape index (κ1) is 25.5. The first-order valence-electron chi connectivity index (χ1n) is 10.3. The fourth-order valence-corrected chi connectivity index (χ4v) is 4.09. The number of hydrogen-bond acceptors (Lipinski definition) is 5. The summed E-state index contributed by atoms with van der Waals surface area (Å²) >= 11 is 5.97. The van der Waals surface area contributed by atoms with Crippen LogP contribution in [-0.2, 0) is 33.7 Å². The Morgan fingerprint density at radius 2 is 1.79 bits per heavy atom. The molecule has 1 aliphatic rings. The molecule has 4 atom stereocenters. The van der Waals surface area contributed by atoms with Gasteiger partial charge in [0.25, 0.3) is 5.91 Å². The maximum atomic E-state index is 13.0. The Hall–Kier alpha value is -2.17. The number of halogens is 4. The summed E-state index contributed by atoms with van der Waals surface area (Å²) in [4.78, 5) is 12.8. The van der Waals surface area contributed by atoms with Gasteiger partial charge in [-0.25, -0.2) is 0 Å². The summed E-state index contributed by atoms with van der Waals surface area (Å²) in [5, 5.41) is 23.9. The lowest BCUT2D eigenvalue weighted by atomic mass is 9.78. The second kappa shape index (κ2) is 10.4. The number of aliphatic hydroxyl groups is 2. The number of alkyl halides is 3. The van der Waals surface area contributed by atoms with Crippen LogP contribution in [0.1, 0.15) is 29.5 Å². The Balaban J connectivity index is 1.78. The molecule has 1 saturated carbocycles. The SMILES string of the molecule is CNC(=O)[C@@]1(OCc2cccc(C(F)(F)F)c2)CC(OCc2cccc(Cl)c2)[C@H](O)[C@H](O)C1. The van der Waals surface area contributed by atoms with Crippen LogP contribution >= 0.6 is 11.6 Å². The summed E-state index contributed by atoms with van der Waals surface area (Å²) in [5.74, 6) is -0.572. The van der Waals surface area contributed by atoms with Crippen LogP contribution in [0.2, 0.25) is 5.02 Å². The van der Waals surface area contributed by atoms with E-state index in [1.165, 1.54) is 19.2 Å². The number of carbonyl (C=O) groups is 1. The monoisotopic (exact) mass is 487 g/mol. The quantitative estimate of drug-likeness (QED) is 0.557. The number of hydrogen-bond donors (Lipinski definition) is 3. The van der Waals surface area contributed by atoms with Gasteiger partial charge in [0.2, 0.25) is 0 Å². The lowest BCUT2D eigenvalue weighted by Gasteiger charge is -2.43. The molecule has 1 amide bonds. The molecule has 3 N–H and O–H groups in total. The van der Waals surface area contributed by atoms with Gasteiger partial charge in [-0.3, -0.25) is 4.79 Å². The highest BCUT2D eigenvalue weighted by atomic mass is 35.5. The minimum absolute atomic E-state index is 0.0620. The number of rotatable bonds is 7. The predicted molar refractivity (Wildman–Crippen MR) is 114 cm³/mol. The summed E-state index contributed by atoms with van der Waals surface area (Å²) in [6.45, 7) is -0.242. The van der Waals surface area contributed by atoms with Gasteiger partial charge in [-0.2, -0.15) is 13.2 Å². The zero-order valence-electron chi connectivity index (χ0n) is 17.8. The van der Waals surface area contributed by atoms with Gasteiger partial charge in [0.05, 0.1) is 31.0 Å². The van der Waals surface area contributed by atoms with Crippen molar-refractivity contribution < 1.29 is 37.7 Å². The van der Waals surface area contributed by atoms with Crippen LogP contribution in [0.3, 0.4) is 0 Å². The molecule has 2 aromatic rings. The molecular formula is C23H25ClF3NO5. The van der Waals surface area contributed by atoms with Crippen LogP contribution in [0, 0.1) is 0 Å². The number of benzene rings is 2. The predicted octanol–water partition coefficient (Wildman–Crippen LogP) is 3.46. The third-order valence-electron chi connectivity index (χ3n) is 5.61. The van der Waals surface area contributed by atoms with Crippen molar-refractivity contribution in [1.82, 2.24) is 5.32 Å². The highest BCUT2D eigenvalue weighted by Gasteiger charge is 2.51. The van der Waals surface area contributed by atoms with E-state index in [1.54, 1.807) is 24.3 Å². The van der Waals surface area contributed by atoms with Crippen molar-refractivity contribution in [3.8, 4) is 0 Å². The van der Waals surface area contributed by atoms with Gasteiger partial charge >= 0.3 is 6.18 Å². The lowest BCUT2D eigenvalue weighted by molar-refractivity contribution is -0.199. The maximum absolute atomic E-state index is 13.0. The van der Waals surface area contributed by atoms with E-state index < -0.39 is 41.6 Å². The van der Waals surface area contributed by atoms with Crippen molar-refractivity contribution in [2.75, 3.05) is 7.05 Å². The summed E-state index contributed by atoms with van der Waals surface area (Å²) in [7, 11) is 1.39. The molecule has 0 aliphatic heterocycles. The lowest BCUT2D eigenvalue weighted by Crippen LogP contribution is -2.60. The van der Waals surface area contributed by atoms with Gasteiger partial charge in [-0.1, -0.05) is 35.9 Å². The standard InChI is InChI=1S/C23H25ClF3NO5/c1-28-21(31)22(33-13-14-4-2-6-16(8-14)23(25,26)27)10-18(29)20(30)19(11-22)32-12-15-5-3-7-17(24)9-15/h2-9,18-20,29-30H,10-13H2,1H3,(H,28,31)/t18-,19?,20-,22+/m1/s1. The molecule has 0 bridgehead atoms. The third-order valence-corrected chi connectivity index (χ3v) is 5.84. The molecule has 0 aromatic heterocycles. The second-order valence-corrected chi connectivity index (χ2v) is 8.44. The van der Waals surface area contributed by atoms with Crippen LogP contribution in [0.25, 0.3) is 0 Å². The molecule has 180 valence electrons. The molecule has 0 spiro atoms. The average molecular weight is 488 g/mol. The number of ether oxygens (including phenoxy) is 2. The van der Waals surface area contributed by atoms with Crippen molar-refractivity contribution in [3.63, 3.8) is 0 Å². The van der Waals surface area contributed by atoms with E-state index in [4.69, 9.17) is 21.1 Å². The summed E-state index contributed by atoms with van der Waals surface area (Å²) in [5.41, 5.74) is -1.50. The zero-order chi connectivity index (χ0) is 24.2. The number of likely N-dealkylation sites (N-methyl/N-ethyl adjacent to an activating group) is 1. The van der Waals surface area contributed by atoms with Crippen molar-refractivity contribution in [2.45, 2.75) is 56.1 Å². The molecule has 1 aliphatic carbocycles. The Morgan fingerprint density at radius 1 is 1.12 bits per heavy atom. The summed E-state index contributed by atoms with van der Waals surface area (Å²) < 4.78 is 50.7. The summed E-state index contributed by atoms with van der Waals surface area (Å²) in [6, 6.07) is 11.5. The van der Waals surface area contributed by atoms with Crippen molar-refractivity contribution >= 4 is 17.5 Å². The number of carbonyl (C=O) groups excluding carboxylic acids is 1. The fourth-order valence-electron chi connectivity index (χ4n) is 3.88. The number of nitrogens with one attached hydrogen (secondary N) is 1. The average Bonchev–Trinajstić information content (AvgIpc) is 2.78. The maximum Gasteiger partial charge on any atom is 0.416 e. The van der Waals surface area contributed by atoms with Crippen LogP contribution in [0.4, 0.5) is 13.2 Å². The van der Waals surface area contributed by atoms with E-state index in [-0.39, 0.29) is 31.6 Å². The molecule has 3 rings (SSSR count). The molecule has 0 heterocycles.